The number of allylic oxidation sites excluding steroid dienone is 3. The van der Waals surface area contributed by atoms with Crippen molar-refractivity contribution >= 4 is 8.07 Å². The molecular formula is C12H26INSi. The maximum atomic E-state index is 2.43. The summed E-state index contributed by atoms with van der Waals surface area (Å²) in [4.78, 5) is 0. The van der Waals surface area contributed by atoms with E-state index in [0.29, 0.717) is 0 Å². The van der Waals surface area contributed by atoms with Gasteiger partial charge in [-0.1, -0.05) is 37.9 Å². The van der Waals surface area contributed by atoms with Gasteiger partial charge in [-0.3, -0.25) is 0 Å². The Balaban J connectivity index is 0. The van der Waals surface area contributed by atoms with Crippen LogP contribution in [0.15, 0.2) is 24.3 Å². The molecule has 0 aromatic rings. The van der Waals surface area contributed by atoms with Crippen LogP contribution in [0.25, 0.3) is 0 Å². The summed E-state index contributed by atoms with van der Waals surface area (Å²) in [6.07, 6.45) is 9.90. The number of hydrogen-bond donors (Lipinski definition) is 0. The summed E-state index contributed by atoms with van der Waals surface area (Å²) < 4.78 is 1.11. The molecule has 0 saturated heterocycles. The molecule has 0 heterocycles. The second-order valence-corrected chi connectivity index (χ2v) is 11.2. The van der Waals surface area contributed by atoms with Crippen LogP contribution in [0.2, 0.25) is 19.6 Å². The van der Waals surface area contributed by atoms with Crippen LogP contribution in [0.5, 0.6) is 0 Å². The van der Waals surface area contributed by atoms with Crippen molar-refractivity contribution in [2.45, 2.75) is 26.6 Å². The first-order valence-electron chi connectivity index (χ1n) is 5.37. The summed E-state index contributed by atoms with van der Waals surface area (Å²) in [5.41, 5.74) is 0. The maximum Gasteiger partial charge on any atom is 0.110 e. The summed E-state index contributed by atoms with van der Waals surface area (Å²) >= 11 is 0. The standard InChI is InChI=1S/C12H26NSi.HI/c1-7-8-9-10-11-13(2,3)12-14(4,5)6;/h7-10H,11-12H2,1-6H3;1H/q+1;/p-1/b8-7+,10-9+;. The van der Waals surface area contributed by atoms with Crippen molar-refractivity contribution in [3.8, 4) is 0 Å². The molecule has 0 fully saturated rings. The summed E-state index contributed by atoms with van der Waals surface area (Å²) in [7, 11) is 3.69. The molecule has 0 bridgehead atoms. The van der Waals surface area contributed by atoms with E-state index in [0.717, 1.165) is 11.0 Å². The van der Waals surface area contributed by atoms with Crippen molar-refractivity contribution in [1.29, 1.82) is 0 Å². The lowest BCUT2D eigenvalue weighted by Crippen LogP contribution is -3.00. The molecule has 0 saturated carbocycles. The van der Waals surface area contributed by atoms with Crippen LogP contribution in [0.1, 0.15) is 6.92 Å². The van der Waals surface area contributed by atoms with Gasteiger partial charge in [0.05, 0.1) is 26.8 Å². The third kappa shape index (κ3) is 12.3. The van der Waals surface area contributed by atoms with Gasteiger partial charge in [-0.15, -0.1) is 0 Å². The highest BCUT2D eigenvalue weighted by Crippen LogP contribution is 2.08. The molecule has 0 atom stereocenters. The third-order valence-corrected chi connectivity index (χ3v) is 3.75. The predicted molar refractivity (Wildman–Crippen MR) is 69.1 cm³/mol. The molecule has 0 spiro atoms. The highest BCUT2D eigenvalue weighted by molar-refractivity contribution is 6.75. The highest BCUT2D eigenvalue weighted by Gasteiger charge is 2.24. The summed E-state index contributed by atoms with van der Waals surface area (Å²) in [5, 5.41) is 0. The van der Waals surface area contributed by atoms with Crippen molar-refractivity contribution in [2.75, 3.05) is 26.8 Å². The van der Waals surface area contributed by atoms with Crippen molar-refractivity contribution in [3.63, 3.8) is 0 Å². The minimum Gasteiger partial charge on any atom is -1.00 e. The molecule has 3 heteroatoms. The summed E-state index contributed by atoms with van der Waals surface area (Å²) in [6.45, 7) is 10.5. The number of likely N-dealkylation sites (N-methyl/N-ethyl adjacent to an activating group) is 1. The average Bonchev–Trinajstić information content (AvgIpc) is 1.93. The molecule has 0 aromatic carbocycles. The molecule has 1 nitrogen and oxygen atoms in total. The Morgan fingerprint density at radius 2 is 1.60 bits per heavy atom. The second-order valence-electron chi connectivity index (χ2n) is 5.79. The normalized spacial score (nSPS) is 13.5. The van der Waals surface area contributed by atoms with Crippen LogP contribution in [-0.4, -0.2) is 39.4 Å². The van der Waals surface area contributed by atoms with Gasteiger partial charge < -0.3 is 28.5 Å². The first-order valence-corrected chi connectivity index (χ1v) is 9.07. The fourth-order valence-electron chi connectivity index (χ4n) is 1.88. The molecule has 15 heavy (non-hydrogen) atoms. The first-order chi connectivity index (χ1) is 6.27. The predicted octanol–water partition coefficient (Wildman–Crippen LogP) is 0.0765. The fraction of sp³-hybridized carbons (Fsp3) is 0.667. The first kappa shape index (κ1) is 17.8. The summed E-state index contributed by atoms with van der Waals surface area (Å²) in [6, 6.07) is 0. The zero-order chi connectivity index (χ0) is 11.2. The molecular weight excluding hydrogens is 313 g/mol. The van der Waals surface area contributed by atoms with E-state index >= 15 is 0 Å². The van der Waals surface area contributed by atoms with Crippen molar-refractivity contribution < 1.29 is 28.5 Å². The quantitative estimate of drug-likeness (QED) is 0.288. The van der Waals surface area contributed by atoms with Gasteiger partial charge in [0.2, 0.25) is 0 Å². The van der Waals surface area contributed by atoms with Crippen LogP contribution >= 0.6 is 0 Å². The maximum absolute atomic E-state index is 2.43. The van der Waals surface area contributed by atoms with Crippen LogP contribution in [0.3, 0.4) is 0 Å². The molecule has 0 N–H and O–H groups in total. The van der Waals surface area contributed by atoms with Gasteiger partial charge in [0.25, 0.3) is 0 Å². The van der Waals surface area contributed by atoms with Crippen LogP contribution in [0, 0.1) is 0 Å². The van der Waals surface area contributed by atoms with Crippen molar-refractivity contribution in [3.05, 3.63) is 24.3 Å². The van der Waals surface area contributed by atoms with Gasteiger partial charge in [-0.25, -0.2) is 0 Å². The van der Waals surface area contributed by atoms with E-state index in [4.69, 9.17) is 0 Å². The number of halogens is 1. The molecule has 0 unspecified atom stereocenters. The Hall–Kier alpha value is 0.387. The monoisotopic (exact) mass is 339 g/mol. The van der Waals surface area contributed by atoms with Gasteiger partial charge >= 0.3 is 0 Å². The van der Waals surface area contributed by atoms with Gasteiger partial charge in [0.15, 0.2) is 0 Å². The second kappa shape index (κ2) is 7.63. The van der Waals surface area contributed by atoms with E-state index in [2.05, 4.69) is 58.0 Å². The van der Waals surface area contributed by atoms with E-state index in [-0.39, 0.29) is 24.0 Å². The molecule has 0 aromatic heterocycles. The van der Waals surface area contributed by atoms with Gasteiger partial charge in [0.1, 0.15) is 8.07 Å². The minimum atomic E-state index is -0.941. The average molecular weight is 339 g/mol. The number of hydrogen-bond acceptors (Lipinski definition) is 0. The number of quaternary nitrogens is 1. The molecule has 0 aliphatic rings. The minimum absolute atomic E-state index is 0. The number of rotatable bonds is 5. The Bertz CT molecular complexity index is 214. The van der Waals surface area contributed by atoms with E-state index in [1.807, 2.05) is 6.92 Å². The lowest BCUT2D eigenvalue weighted by atomic mass is 10.4. The fourth-order valence-corrected chi connectivity index (χ4v) is 4.58. The van der Waals surface area contributed by atoms with Gasteiger partial charge in [-0.2, -0.15) is 0 Å². The van der Waals surface area contributed by atoms with Crippen LogP contribution < -0.4 is 24.0 Å². The van der Waals surface area contributed by atoms with Crippen molar-refractivity contribution in [2.24, 2.45) is 0 Å². The van der Waals surface area contributed by atoms with E-state index < -0.39 is 8.07 Å². The smallest absolute Gasteiger partial charge is 0.110 e. The zero-order valence-electron chi connectivity index (χ0n) is 11.0. The van der Waals surface area contributed by atoms with E-state index in [1.54, 1.807) is 0 Å². The van der Waals surface area contributed by atoms with Crippen LogP contribution in [0.4, 0.5) is 0 Å². The highest BCUT2D eigenvalue weighted by atomic mass is 127. The van der Waals surface area contributed by atoms with Crippen LogP contribution in [-0.2, 0) is 0 Å². The lowest BCUT2D eigenvalue weighted by Gasteiger charge is -2.34. The topological polar surface area (TPSA) is 0 Å². The van der Waals surface area contributed by atoms with Crippen molar-refractivity contribution in [1.82, 2.24) is 0 Å². The molecule has 0 radical (unpaired) electrons. The molecule has 0 aliphatic carbocycles. The zero-order valence-corrected chi connectivity index (χ0v) is 14.2. The molecule has 90 valence electrons. The molecule has 0 rings (SSSR count). The van der Waals surface area contributed by atoms with Gasteiger partial charge in [-0.05, 0) is 13.0 Å². The lowest BCUT2D eigenvalue weighted by molar-refractivity contribution is -0.874. The Labute approximate surface area is 114 Å². The molecule has 0 amide bonds. The Morgan fingerprint density at radius 1 is 1.07 bits per heavy atom. The van der Waals surface area contributed by atoms with E-state index in [9.17, 15) is 0 Å². The Morgan fingerprint density at radius 3 is 2.00 bits per heavy atom. The molecule has 0 aliphatic heterocycles. The Kier molecular flexibility index (Phi) is 9.04. The third-order valence-electron chi connectivity index (χ3n) is 1.94. The summed E-state index contributed by atoms with van der Waals surface area (Å²) in [5.74, 6) is 0. The van der Waals surface area contributed by atoms with Gasteiger partial charge in [0, 0.05) is 0 Å². The van der Waals surface area contributed by atoms with E-state index in [1.165, 1.54) is 6.17 Å². The number of nitrogens with zero attached hydrogens (tertiary/aromatic N) is 1. The largest absolute Gasteiger partial charge is 1.00 e. The SMILES string of the molecule is C/C=C/C=C/C[N+](C)(C)C[Si](C)(C)C.[I-].